The number of nitrogens with one attached hydrogen (secondary N) is 1. The SMILES string of the molecule is COC(=O)c1ccccc1NC(=O)CN(Cc1ccccc1)C(C)CN1CCOCC1. The van der Waals surface area contributed by atoms with Gasteiger partial charge in [-0.3, -0.25) is 14.6 Å². The first-order valence-electron chi connectivity index (χ1n) is 10.6. The van der Waals surface area contributed by atoms with Crippen LogP contribution in [0.1, 0.15) is 22.8 Å². The standard InChI is InChI=1S/C24H31N3O4/c1-19(16-26-12-14-31-15-13-26)27(17-20-8-4-3-5-9-20)18-23(28)25-22-11-7-6-10-21(22)24(29)30-2/h3-11,19H,12-18H2,1-2H3,(H,25,28). The van der Waals surface area contributed by atoms with Crippen LogP contribution in [0, 0.1) is 0 Å². The maximum absolute atomic E-state index is 12.9. The van der Waals surface area contributed by atoms with Gasteiger partial charge in [0.15, 0.2) is 0 Å². The second kappa shape index (κ2) is 11.6. The fourth-order valence-electron chi connectivity index (χ4n) is 3.71. The van der Waals surface area contributed by atoms with Crippen molar-refractivity contribution >= 4 is 17.6 Å². The van der Waals surface area contributed by atoms with Crippen LogP contribution < -0.4 is 5.32 Å². The maximum atomic E-state index is 12.9. The molecule has 7 heteroatoms. The second-order valence-electron chi connectivity index (χ2n) is 7.74. The van der Waals surface area contributed by atoms with E-state index >= 15 is 0 Å². The summed E-state index contributed by atoms with van der Waals surface area (Å²) in [5.74, 6) is -0.640. The van der Waals surface area contributed by atoms with Crippen molar-refractivity contribution in [1.29, 1.82) is 0 Å². The van der Waals surface area contributed by atoms with Gasteiger partial charge in [-0.05, 0) is 24.6 Å². The summed E-state index contributed by atoms with van der Waals surface area (Å²) in [5.41, 5.74) is 1.95. The molecule has 3 rings (SSSR count). The molecule has 0 saturated carbocycles. The number of rotatable bonds is 9. The zero-order valence-corrected chi connectivity index (χ0v) is 18.3. The molecule has 1 N–H and O–H groups in total. The summed E-state index contributed by atoms with van der Waals surface area (Å²) in [6.07, 6.45) is 0. The van der Waals surface area contributed by atoms with Gasteiger partial charge in [0.2, 0.25) is 5.91 Å². The Kier molecular flexibility index (Phi) is 8.58. The van der Waals surface area contributed by atoms with Crippen LogP contribution in [0.15, 0.2) is 54.6 Å². The maximum Gasteiger partial charge on any atom is 0.339 e. The average molecular weight is 426 g/mol. The van der Waals surface area contributed by atoms with Crippen LogP contribution in [0.4, 0.5) is 5.69 Å². The Bertz CT molecular complexity index is 853. The number of ether oxygens (including phenoxy) is 2. The molecule has 1 aliphatic rings. The van der Waals surface area contributed by atoms with Gasteiger partial charge in [-0.2, -0.15) is 0 Å². The van der Waals surface area contributed by atoms with Gasteiger partial charge in [-0.1, -0.05) is 42.5 Å². The molecule has 0 bridgehead atoms. The minimum Gasteiger partial charge on any atom is -0.465 e. The smallest absolute Gasteiger partial charge is 0.339 e. The third-order valence-electron chi connectivity index (χ3n) is 5.43. The summed E-state index contributed by atoms with van der Waals surface area (Å²) in [6.45, 7) is 7.20. The lowest BCUT2D eigenvalue weighted by atomic mass is 10.1. The minimum absolute atomic E-state index is 0.166. The molecular formula is C24H31N3O4. The first-order valence-corrected chi connectivity index (χ1v) is 10.6. The van der Waals surface area contributed by atoms with Crippen LogP contribution in [0.25, 0.3) is 0 Å². The Balaban J connectivity index is 1.70. The number of morpholine rings is 1. The molecule has 0 aliphatic carbocycles. The average Bonchev–Trinajstić information content (AvgIpc) is 2.80. The number of nitrogens with zero attached hydrogens (tertiary/aromatic N) is 2. The van der Waals surface area contributed by atoms with Crippen LogP contribution >= 0.6 is 0 Å². The molecule has 166 valence electrons. The number of esters is 1. The number of carbonyl (C=O) groups is 2. The van der Waals surface area contributed by atoms with Gasteiger partial charge in [0.05, 0.1) is 38.1 Å². The molecule has 0 spiro atoms. The fraction of sp³-hybridized carbons (Fsp3) is 0.417. The van der Waals surface area contributed by atoms with Crippen molar-refractivity contribution in [2.75, 3.05) is 51.8 Å². The van der Waals surface area contributed by atoms with Crippen molar-refractivity contribution in [3.05, 3.63) is 65.7 Å². The second-order valence-corrected chi connectivity index (χ2v) is 7.74. The van der Waals surface area contributed by atoms with Gasteiger partial charge >= 0.3 is 5.97 Å². The van der Waals surface area contributed by atoms with Gasteiger partial charge in [0, 0.05) is 32.2 Å². The van der Waals surface area contributed by atoms with E-state index in [0.29, 0.717) is 17.8 Å². The third kappa shape index (κ3) is 6.89. The van der Waals surface area contributed by atoms with Crippen LogP contribution in [-0.2, 0) is 20.8 Å². The molecule has 0 aromatic heterocycles. The number of hydrogen-bond donors (Lipinski definition) is 1. The van der Waals surface area contributed by atoms with E-state index in [1.54, 1.807) is 24.3 Å². The van der Waals surface area contributed by atoms with Crippen molar-refractivity contribution in [1.82, 2.24) is 9.80 Å². The Morgan fingerprint density at radius 3 is 2.48 bits per heavy atom. The van der Waals surface area contributed by atoms with Gasteiger partial charge in [-0.15, -0.1) is 0 Å². The number of amides is 1. The first-order chi connectivity index (χ1) is 15.1. The number of para-hydroxylation sites is 1. The summed E-state index contributed by atoms with van der Waals surface area (Å²) in [6, 6.07) is 17.2. The van der Waals surface area contributed by atoms with Crippen molar-refractivity contribution in [2.45, 2.75) is 19.5 Å². The number of benzene rings is 2. The number of carbonyl (C=O) groups excluding carboxylic acids is 2. The molecule has 1 aliphatic heterocycles. The normalized spacial score (nSPS) is 15.5. The molecule has 2 aromatic rings. The van der Waals surface area contributed by atoms with Crippen molar-refractivity contribution < 1.29 is 19.1 Å². The van der Waals surface area contributed by atoms with Crippen molar-refractivity contribution in [2.24, 2.45) is 0 Å². The van der Waals surface area contributed by atoms with E-state index in [1.165, 1.54) is 7.11 Å². The molecule has 7 nitrogen and oxygen atoms in total. The lowest BCUT2D eigenvalue weighted by molar-refractivity contribution is -0.118. The van der Waals surface area contributed by atoms with E-state index in [9.17, 15) is 9.59 Å². The zero-order valence-electron chi connectivity index (χ0n) is 18.3. The van der Waals surface area contributed by atoms with Gasteiger partial charge in [0.25, 0.3) is 0 Å². The third-order valence-corrected chi connectivity index (χ3v) is 5.43. The van der Waals surface area contributed by atoms with Gasteiger partial charge < -0.3 is 14.8 Å². The van der Waals surface area contributed by atoms with E-state index in [1.807, 2.05) is 18.2 Å². The Labute approximate surface area is 183 Å². The van der Waals surface area contributed by atoms with Crippen molar-refractivity contribution in [3.63, 3.8) is 0 Å². The van der Waals surface area contributed by atoms with E-state index in [4.69, 9.17) is 9.47 Å². The first kappa shape index (κ1) is 22.9. The number of methoxy groups -OCH3 is 1. The van der Waals surface area contributed by atoms with Crippen LogP contribution in [-0.4, -0.2) is 74.2 Å². The van der Waals surface area contributed by atoms with E-state index in [0.717, 1.165) is 38.4 Å². The molecule has 1 saturated heterocycles. The molecule has 1 atom stereocenters. The summed E-state index contributed by atoms with van der Waals surface area (Å²) in [4.78, 5) is 29.5. The summed E-state index contributed by atoms with van der Waals surface area (Å²) in [7, 11) is 1.33. The fourth-order valence-corrected chi connectivity index (χ4v) is 3.71. The molecule has 1 unspecified atom stereocenters. The monoisotopic (exact) mass is 425 g/mol. The molecule has 0 radical (unpaired) electrons. The highest BCUT2D eigenvalue weighted by Gasteiger charge is 2.22. The molecule has 1 amide bonds. The van der Waals surface area contributed by atoms with E-state index in [-0.39, 0.29) is 18.5 Å². The molecule has 1 heterocycles. The summed E-state index contributed by atoms with van der Waals surface area (Å²) < 4.78 is 10.3. The predicted octanol–water partition coefficient (Wildman–Crippen LogP) is 2.63. The predicted molar refractivity (Wildman–Crippen MR) is 120 cm³/mol. The quantitative estimate of drug-likeness (QED) is 0.623. The summed E-state index contributed by atoms with van der Waals surface area (Å²) >= 11 is 0. The van der Waals surface area contributed by atoms with Crippen LogP contribution in [0.5, 0.6) is 0 Å². The Morgan fingerprint density at radius 2 is 1.77 bits per heavy atom. The highest BCUT2D eigenvalue weighted by Crippen LogP contribution is 2.17. The van der Waals surface area contributed by atoms with E-state index in [2.05, 4.69) is 34.2 Å². The Morgan fingerprint density at radius 1 is 1.10 bits per heavy atom. The van der Waals surface area contributed by atoms with Crippen LogP contribution in [0.3, 0.4) is 0 Å². The Hall–Kier alpha value is -2.74. The van der Waals surface area contributed by atoms with Crippen molar-refractivity contribution in [3.8, 4) is 0 Å². The minimum atomic E-state index is -0.474. The van der Waals surface area contributed by atoms with Crippen LogP contribution in [0.2, 0.25) is 0 Å². The highest BCUT2D eigenvalue weighted by molar-refractivity contribution is 6.01. The lowest BCUT2D eigenvalue weighted by Gasteiger charge is -2.34. The molecule has 1 fully saturated rings. The topological polar surface area (TPSA) is 71.1 Å². The number of anilines is 1. The van der Waals surface area contributed by atoms with E-state index < -0.39 is 5.97 Å². The van der Waals surface area contributed by atoms with Gasteiger partial charge in [0.1, 0.15) is 0 Å². The molecular weight excluding hydrogens is 394 g/mol. The number of hydrogen-bond acceptors (Lipinski definition) is 6. The summed E-state index contributed by atoms with van der Waals surface area (Å²) in [5, 5.41) is 2.89. The highest BCUT2D eigenvalue weighted by atomic mass is 16.5. The molecule has 31 heavy (non-hydrogen) atoms. The lowest BCUT2D eigenvalue weighted by Crippen LogP contribution is -2.47. The van der Waals surface area contributed by atoms with Gasteiger partial charge in [-0.25, -0.2) is 4.79 Å². The largest absolute Gasteiger partial charge is 0.465 e. The zero-order chi connectivity index (χ0) is 22.1. The molecule has 2 aromatic carbocycles.